The van der Waals surface area contributed by atoms with E-state index in [2.05, 4.69) is 63.2 Å². The Labute approximate surface area is 244 Å². The van der Waals surface area contributed by atoms with E-state index < -0.39 is 5.92 Å². The SMILES string of the molecule is Cc1ccc(SCc2cc(C)cc(C3C(C#N)=C(N)N(c4ccc(Cl)cc4Cl)C4=C3C(=O)CCC4)c2C)cc1. The highest BCUT2D eigenvalue weighted by Crippen LogP contribution is 2.48. The van der Waals surface area contributed by atoms with E-state index in [0.717, 1.165) is 28.1 Å². The second-order valence-corrected chi connectivity index (χ2v) is 12.0. The van der Waals surface area contributed by atoms with Crippen LogP contribution in [0.3, 0.4) is 0 Å². The molecule has 0 radical (unpaired) electrons. The van der Waals surface area contributed by atoms with E-state index in [-0.39, 0.29) is 5.78 Å². The van der Waals surface area contributed by atoms with Crippen molar-refractivity contribution >= 4 is 46.4 Å². The molecule has 0 aromatic heterocycles. The summed E-state index contributed by atoms with van der Waals surface area (Å²) < 4.78 is 0. The first-order valence-electron chi connectivity index (χ1n) is 12.9. The largest absolute Gasteiger partial charge is 0.384 e. The molecule has 198 valence electrons. The third kappa shape index (κ3) is 5.22. The molecule has 1 aliphatic carbocycles. The molecule has 5 rings (SSSR count). The maximum atomic E-state index is 13.6. The zero-order valence-electron chi connectivity index (χ0n) is 22.1. The van der Waals surface area contributed by atoms with E-state index >= 15 is 0 Å². The van der Waals surface area contributed by atoms with Crippen LogP contribution < -0.4 is 10.6 Å². The average molecular weight is 575 g/mol. The predicted octanol–water partition coefficient (Wildman–Crippen LogP) is 8.52. The van der Waals surface area contributed by atoms with Crippen LogP contribution in [0, 0.1) is 32.1 Å². The van der Waals surface area contributed by atoms with Crippen LogP contribution in [0.4, 0.5) is 5.69 Å². The number of hydrogen-bond acceptors (Lipinski definition) is 5. The Hall–Kier alpha value is -3.17. The van der Waals surface area contributed by atoms with E-state index in [4.69, 9.17) is 28.9 Å². The van der Waals surface area contributed by atoms with Crippen molar-refractivity contribution in [2.75, 3.05) is 4.90 Å². The Kier molecular flexibility index (Phi) is 7.82. The number of nitriles is 1. The number of Topliss-reactive ketones (excluding diaryl/α,β-unsaturated/α-hetero) is 1. The molecule has 1 aliphatic heterocycles. The lowest BCUT2D eigenvalue weighted by molar-refractivity contribution is -0.116. The van der Waals surface area contributed by atoms with Gasteiger partial charge >= 0.3 is 0 Å². The van der Waals surface area contributed by atoms with Crippen LogP contribution >= 0.6 is 35.0 Å². The zero-order valence-corrected chi connectivity index (χ0v) is 24.5. The number of benzene rings is 3. The number of nitrogens with two attached hydrogens (primary N) is 1. The minimum absolute atomic E-state index is 0.0491. The molecule has 0 fully saturated rings. The average Bonchev–Trinajstić information content (AvgIpc) is 2.90. The zero-order chi connectivity index (χ0) is 27.8. The number of carbonyl (C=O) groups excluding carboxylic acids is 1. The first kappa shape index (κ1) is 27.4. The molecule has 0 bridgehead atoms. The van der Waals surface area contributed by atoms with Gasteiger partial charge in [0.2, 0.25) is 0 Å². The van der Waals surface area contributed by atoms with Crippen molar-refractivity contribution in [3.05, 3.63) is 115 Å². The second kappa shape index (κ2) is 11.1. The Bertz CT molecular complexity index is 1580. The van der Waals surface area contributed by atoms with Crippen LogP contribution in [0.25, 0.3) is 0 Å². The number of allylic oxidation sites excluding steroid dienone is 3. The van der Waals surface area contributed by atoms with Crippen LogP contribution in [0.1, 0.15) is 53.0 Å². The van der Waals surface area contributed by atoms with Crippen LogP contribution in [-0.4, -0.2) is 5.78 Å². The van der Waals surface area contributed by atoms with Crippen molar-refractivity contribution in [2.24, 2.45) is 5.73 Å². The number of thioether (sulfide) groups is 1. The minimum atomic E-state index is -0.525. The van der Waals surface area contributed by atoms with Gasteiger partial charge in [0.05, 0.1) is 28.3 Å². The molecule has 2 aliphatic rings. The van der Waals surface area contributed by atoms with Gasteiger partial charge < -0.3 is 5.73 Å². The molecule has 3 aromatic carbocycles. The fourth-order valence-corrected chi connectivity index (χ4v) is 6.99. The topological polar surface area (TPSA) is 70.1 Å². The molecule has 2 N–H and O–H groups in total. The summed E-state index contributed by atoms with van der Waals surface area (Å²) in [4.78, 5) is 16.6. The minimum Gasteiger partial charge on any atom is -0.384 e. The van der Waals surface area contributed by atoms with Gasteiger partial charge in [-0.1, -0.05) is 58.6 Å². The number of rotatable bonds is 5. The molecule has 0 saturated heterocycles. The van der Waals surface area contributed by atoms with Gasteiger partial charge in [-0.3, -0.25) is 9.69 Å². The van der Waals surface area contributed by atoms with Gasteiger partial charge in [-0.15, -0.1) is 11.8 Å². The van der Waals surface area contributed by atoms with E-state index in [1.54, 1.807) is 34.9 Å². The Balaban J connectivity index is 1.64. The van der Waals surface area contributed by atoms with Gasteiger partial charge in [-0.2, -0.15) is 5.26 Å². The van der Waals surface area contributed by atoms with Crippen molar-refractivity contribution in [1.82, 2.24) is 0 Å². The quantitative estimate of drug-likeness (QED) is 0.310. The first-order chi connectivity index (χ1) is 18.7. The number of carbonyl (C=O) groups is 1. The molecule has 1 unspecified atom stereocenters. The Morgan fingerprint density at radius 1 is 1.03 bits per heavy atom. The number of nitrogens with zero attached hydrogens (tertiary/aromatic N) is 2. The van der Waals surface area contributed by atoms with Gasteiger partial charge in [-0.25, -0.2) is 0 Å². The summed E-state index contributed by atoms with van der Waals surface area (Å²) in [5.41, 5.74) is 14.7. The fraction of sp³-hybridized carbons (Fsp3) is 0.250. The molecule has 7 heteroatoms. The smallest absolute Gasteiger partial charge is 0.161 e. The number of anilines is 1. The van der Waals surface area contributed by atoms with Gasteiger partial charge in [0, 0.05) is 33.4 Å². The first-order valence-corrected chi connectivity index (χ1v) is 14.6. The van der Waals surface area contributed by atoms with E-state index in [0.29, 0.717) is 52.0 Å². The summed E-state index contributed by atoms with van der Waals surface area (Å²) in [6.07, 6.45) is 1.82. The third-order valence-electron chi connectivity index (χ3n) is 7.49. The Morgan fingerprint density at radius 3 is 2.46 bits per heavy atom. The standard InChI is InChI=1S/C32H29Cl2N3OS/c1-18-7-10-23(11-8-18)39-17-21-13-19(2)14-24(20(21)3)30-25(16-35)32(36)37(27-12-9-22(33)15-26(27)34)28-5-4-6-29(38)31(28)30/h7-15,30H,4-6,17,36H2,1-3H3. The summed E-state index contributed by atoms with van der Waals surface area (Å²) in [5.74, 6) is 0.608. The van der Waals surface area contributed by atoms with Crippen molar-refractivity contribution in [2.45, 2.75) is 56.6 Å². The van der Waals surface area contributed by atoms with Crippen LogP contribution in [0.2, 0.25) is 10.0 Å². The summed E-state index contributed by atoms with van der Waals surface area (Å²) in [6, 6.07) is 20.3. The lowest BCUT2D eigenvalue weighted by Crippen LogP contribution is -2.39. The lowest BCUT2D eigenvalue weighted by Gasteiger charge is -2.40. The molecule has 39 heavy (non-hydrogen) atoms. The van der Waals surface area contributed by atoms with E-state index in [1.165, 1.54) is 16.0 Å². The van der Waals surface area contributed by atoms with Gasteiger partial charge in [-0.05, 0) is 80.6 Å². The number of hydrogen-bond donors (Lipinski definition) is 1. The highest BCUT2D eigenvalue weighted by Gasteiger charge is 2.41. The summed E-state index contributed by atoms with van der Waals surface area (Å²) >= 11 is 14.5. The maximum absolute atomic E-state index is 13.6. The van der Waals surface area contributed by atoms with Crippen LogP contribution in [-0.2, 0) is 10.5 Å². The highest BCUT2D eigenvalue weighted by atomic mass is 35.5. The number of halogens is 2. The molecule has 1 atom stereocenters. The highest BCUT2D eigenvalue weighted by molar-refractivity contribution is 7.98. The number of aryl methyl sites for hydroxylation is 2. The third-order valence-corrected chi connectivity index (χ3v) is 9.09. The number of ketones is 1. The normalized spacial score (nSPS) is 17.4. The van der Waals surface area contributed by atoms with E-state index in [9.17, 15) is 10.1 Å². The second-order valence-electron chi connectivity index (χ2n) is 10.2. The summed E-state index contributed by atoms with van der Waals surface area (Å²) in [7, 11) is 0. The molecule has 3 aromatic rings. The van der Waals surface area contributed by atoms with Crippen molar-refractivity contribution in [3.63, 3.8) is 0 Å². The van der Waals surface area contributed by atoms with Crippen LogP contribution in [0.15, 0.2) is 82.2 Å². The summed E-state index contributed by atoms with van der Waals surface area (Å²) in [5, 5.41) is 11.4. The van der Waals surface area contributed by atoms with Crippen molar-refractivity contribution in [3.8, 4) is 6.07 Å². The lowest BCUT2D eigenvalue weighted by atomic mass is 9.73. The van der Waals surface area contributed by atoms with Gasteiger partial charge in [0.15, 0.2) is 5.78 Å². The molecular formula is C32H29Cl2N3OS. The van der Waals surface area contributed by atoms with Gasteiger partial charge in [0.25, 0.3) is 0 Å². The summed E-state index contributed by atoms with van der Waals surface area (Å²) in [6.45, 7) is 6.22. The van der Waals surface area contributed by atoms with Crippen molar-refractivity contribution in [1.29, 1.82) is 5.26 Å². The predicted molar refractivity (Wildman–Crippen MR) is 161 cm³/mol. The molecule has 0 amide bonds. The van der Waals surface area contributed by atoms with Crippen LogP contribution in [0.5, 0.6) is 0 Å². The fourth-order valence-electron chi connectivity index (χ4n) is 5.54. The molecule has 0 saturated carbocycles. The molecule has 1 heterocycles. The van der Waals surface area contributed by atoms with Gasteiger partial charge in [0.1, 0.15) is 5.82 Å². The molecule has 0 spiro atoms. The molecule has 4 nitrogen and oxygen atoms in total. The monoisotopic (exact) mass is 573 g/mol. The van der Waals surface area contributed by atoms with E-state index in [1.807, 2.05) is 0 Å². The molecular weight excluding hydrogens is 545 g/mol. The Morgan fingerprint density at radius 2 is 1.77 bits per heavy atom. The van der Waals surface area contributed by atoms with Crippen molar-refractivity contribution < 1.29 is 4.79 Å². The maximum Gasteiger partial charge on any atom is 0.161 e.